The summed E-state index contributed by atoms with van der Waals surface area (Å²) in [7, 11) is 0. The Bertz CT molecular complexity index is 619. The molecule has 0 unspecified atom stereocenters. The quantitative estimate of drug-likeness (QED) is 0.712. The van der Waals surface area contributed by atoms with Gasteiger partial charge in [0.05, 0.1) is 4.47 Å². The molecule has 2 aromatic rings. The summed E-state index contributed by atoms with van der Waals surface area (Å²) >= 11 is 6.74. The van der Waals surface area contributed by atoms with Crippen molar-refractivity contribution < 1.29 is 9.13 Å². The number of para-hydroxylation sites is 1. The van der Waals surface area contributed by atoms with E-state index in [2.05, 4.69) is 44.1 Å². The third-order valence-electron chi connectivity index (χ3n) is 3.00. The average Bonchev–Trinajstić information content (AvgIpc) is 2.45. The van der Waals surface area contributed by atoms with Crippen LogP contribution in [0.4, 0.5) is 4.39 Å². The molecule has 0 aliphatic carbocycles. The van der Waals surface area contributed by atoms with Crippen LogP contribution >= 0.6 is 31.9 Å². The van der Waals surface area contributed by atoms with Gasteiger partial charge < -0.3 is 10.1 Å². The maximum atomic E-state index is 13.8. The molecular formula is C16H16Br2FNO. The number of rotatable bonds is 6. The molecule has 2 nitrogen and oxygen atoms in total. The van der Waals surface area contributed by atoms with Crippen LogP contribution in [-0.2, 0) is 13.2 Å². The summed E-state index contributed by atoms with van der Waals surface area (Å²) in [5.41, 5.74) is 1.58. The molecule has 0 aliphatic rings. The van der Waals surface area contributed by atoms with E-state index in [1.54, 1.807) is 12.1 Å². The van der Waals surface area contributed by atoms with Crippen molar-refractivity contribution in [3.05, 3.63) is 62.3 Å². The van der Waals surface area contributed by atoms with Gasteiger partial charge in [0, 0.05) is 22.1 Å². The first-order valence-corrected chi connectivity index (χ1v) is 8.25. The van der Waals surface area contributed by atoms with E-state index in [4.69, 9.17) is 4.74 Å². The molecule has 5 heteroatoms. The molecule has 2 rings (SSSR count). The van der Waals surface area contributed by atoms with E-state index in [0.29, 0.717) is 12.1 Å². The lowest BCUT2D eigenvalue weighted by molar-refractivity contribution is 0.294. The highest BCUT2D eigenvalue weighted by molar-refractivity contribution is 9.10. The molecule has 0 heterocycles. The molecule has 0 radical (unpaired) electrons. The Kier molecular flexibility index (Phi) is 6.21. The average molecular weight is 417 g/mol. The molecule has 0 aromatic heterocycles. The standard InChI is InChI=1S/C16H16Br2FNO/c1-2-20-9-11-4-3-5-14(18)16(11)21-10-12-6-7-13(17)8-15(12)19/h3-8,20H,2,9-10H2,1H3. The molecule has 0 fully saturated rings. The SMILES string of the molecule is CCNCc1cccc(Br)c1OCc1ccc(Br)cc1F. The third-order valence-corrected chi connectivity index (χ3v) is 4.12. The molecule has 112 valence electrons. The highest BCUT2D eigenvalue weighted by Gasteiger charge is 2.10. The number of nitrogens with one attached hydrogen (secondary N) is 1. The summed E-state index contributed by atoms with van der Waals surface area (Å²) < 4.78 is 21.2. The Balaban J connectivity index is 2.15. The lowest BCUT2D eigenvalue weighted by Gasteiger charge is -2.14. The van der Waals surface area contributed by atoms with Crippen molar-refractivity contribution in [1.82, 2.24) is 5.32 Å². The molecule has 21 heavy (non-hydrogen) atoms. The largest absolute Gasteiger partial charge is 0.487 e. The monoisotopic (exact) mass is 415 g/mol. The van der Waals surface area contributed by atoms with Gasteiger partial charge in [0.25, 0.3) is 0 Å². The second-order valence-corrected chi connectivity index (χ2v) is 6.30. The molecule has 0 atom stereocenters. The Morgan fingerprint density at radius 3 is 2.67 bits per heavy atom. The Labute approximate surface area is 141 Å². The summed E-state index contributed by atoms with van der Waals surface area (Å²) in [6.45, 7) is 3.85. The molecule has 0 amide bonds. The fraction of sp³-hybridized carbons (Fsp3) is 0.250. The van der Waals surface area contributed by atoms with Gasteiger partial charge in [0.15, 0.2) is 0 Å². The van der Waals surface area contributed by atoms with Gasteiger partial charge in [-0.25, -0.2) is 4.39 Å². The summed E-state index contributed by atoms with van der Waals surface area (Å²) in [5.74, 6) is 0.477. The fourth-order valence-electron chi connectivity index (χ4n) is 1.90. The second-order valence-electron chi connectivity index (χ2n) is 4.53. The predicted octanol–water partition coefficient (Wildman–Crippen LogP) is 5.04. The molecule has 0 bridgehead atoms. The van der Waals surface area contributed by atoms with Crippen LogP contribution in [-0.4, -0.2) is 6.54 Å². The van der Waals surface area contributed by atoms with Gasteiger partial charge in [-0.3, -0.25) is 0 Å². The van der Waals surface area contributed by atoms with Gasteiger partial charge >= 0.3 is 0 Å². The van der Waals surface area contributed by atoms with E-state index in [0.717, 1.165) is 26.8 Å². The maximum absolute atomic E-state index is 13.8. The molecular weight excluding hydrogens is 401 g/mol. The molecule has 0 spiro atoms. The minimum atomic E-state index is -0.273. The van der Waals surface area contributed by atoms with Crippen molar-refractivity contribution in [3.8, 4) is 5.75 Å². The zero-order valence-corrected chi connectivity index (χ0v) is 14.8. The third kappa shape index (κ3) is 4.53. The minimum absolute atomic E-state index is 0.195. The van der Waals surface area contributed by atoms with Crippen LogP contribution in [0, 0.1) is 5.82 Å². The first-order valence-electron chi connectivity index (χ1n) is 6.66. The van der Waals surface area contributed by atoms with Crippen molar-refractivity contribution in [1.29, 1.82) is 0 Å². The van der Waals surface area contributed by atoms with Crippen molar-refractivity contribution in [2.75, 3.05) is 6.54 Å². The summed E-state index contributed by atoms with van der Waals surface area (Å²) in [5, 5.41) is 3.27. The number of hydrogen-bond acceptors (Lipinski definition) is 2. The van der Waals surface area contributed by atoms with Gasteiger partial charge in [0.1, 0.15) is 18.2 Å². The molecule has 2 aromatic carbocycles. The summed E-state index contributed by atoms with van der Waals surface area (Å²) in [4.78, 5) is 0. The van der Waals surface area contributed by atoms with Gasteiger partial charge in [-0.15, -0.1) is 0 Å². The Morgan fingerprint density at radius 2 is 1.95 bits per heavy atom. The molecule has 0 saturated heterocycles. The minimum Gasteiger partial charge on any atom is -0.487 e. The number of benzene rings is 2. The van der Waals surface area contributed by atoms with E-state index in [-0.39, 0.29) is 12.4 Å². The van der Waals surface area contributed by atoms with Crippen molar-refractivity contribution in [2.45, 2.75) is 20.1 Å². The normalized spacial score (nSPS) is 10.7. The molecule has 0 aliphatic heterocycles. The highest BCUT2D eigenvalue weighted by atomic mass is 79.9. The fourth-order valence-corrected chi connectivity index (χ4v) is 2.76. The smallest absolute Gasteiger partial charge is 0.138 e. The number of hydrogen-bond donors (Lipinski definition) is 1. The zero-order valence-electron chi connectivity index (χ0n) is 11.6. The summed E-state index contributed by atoms with van der Waals surface area (Å²) in [6.07, 6.45) is 0. The molecule has 1 N–H and O–H groups in total. The lowest BCUT2D eigenvalue weighted by atomic mass is 10.2. The van der Waals surface area contributed by atoms with Crippen LogP contribution in [0.25, 0.3) is 0 Å². The first kappa shape index (κ1) is 16.5. The number of halogens is 3. The van der Waals surface area contributed by atoms with Crippen LogP contribution in [0.15, 0.2) is 45.3 Å². The lowest BCUT2D eigenvalue weighted by Crippen LogP contribution is -2.13. The van der Waals surface area contributed by atoms with Gasteiger partial charge in [0.2, 0.25) is 0 Å². The van der Waals surface area contributed by atoms with E-state index in [9.17, 15) is 4.39 Å². The van der Waals surface area contributed by atoms with Crippen molar-refractivity contribution in [3.63, 3.8) is 0 Å². The Morgan fingerprint density at radius 1 is 1.14 bits per heavy atom. The van der Waals surface area contributed by atoms with Crippen LogP contribution in [0.1, 0.15) is 18.1 Å². The van der Waals surface area contributed by atoms with E-state index < -0.39 is 0 Å². The number of ether oxygens (including phenoxy) is 1. The van der Waals surface area contributed by atoms with E-state index in [1.807, 2.05) is 18.2 Å². The van der Waals surface area contributed by atoms with Crippen LogP contribution < -0.4 is 10.1 Å². The molecule has 0 saturated carbocycles. The topological polar surface area (TPSA) is 21.3 Å². The zero-order chi connectivity index (χ0) is 15.2. The van der Waals surface area contributed by atoms with E-state index in [1.165, 1.54) is 6.07 Å². The van der Waals surface area contributed by atoms with Gasteiger partial charge in [-0.1, -0.05) is 41.1 Å². The van der Waals surface area contributed by atoms with Crippen LogP contribution in [0.2, 0.25) is 0 Å². The highest BCUT2D eigenvalue weighted by Crippen LogP contribution is 2.30. The van der Waals surface area contributed by atoms with Gasteiger partial charge in [-0.2, -0.15) is 0 Å². The second kappa shape index (κ2) is 7.92. The van der Waals surface area contributed by atoms with Crippen LogP contribution in [0.3, 0.4) is 0 Å². The first-order chi connectivity index (χ1) is 10.1. The van der Waals surface area contributed by atoms with Crippen LogP contribution in [0.5, 0.6) is 5.75 Å². The van der Waals surface area contributed by atoms with Crippen molar-refractivity contribution >= 4 is 31.9 Å². The van der Waals surface area contributed by atoms with Crippen molar-refractivity contribution in [2.24, 2.45) is 0 Å². The Hall–Kier alpha value is -0.910. The maximum Gasteiger partial charge on any atom is 0.138 e. The predicted molar refractivity (Wildman–Crippen MR) is 90.0 cm³/mol. The summed E-state index contributed by atoms with van der Waals surface area (Å²) in [6, 6.07) is 10.9. The van der Waals surface area contributed by atoms with E-state index >= 15 is 0 Å². The van der Waals surface area contributed by atoms with Gasteiger partial charge in [-0.05, 0) is 40.7 Å².